The number of nitrogens with zero attached hydrogens (tertiary/aromatic N) is 8. The molecule has 0 aliphatic carbocycles. The maximum atomic E-state index is 13.0. The van der Waals surface area contributed by atoms with Crippen LogP contribution >= 0.6 is 11.6 Å². The average molecular weight is 461 g/mol. The number of rotatable bonds is 5. The van der Waals surface area contributed by atoms with E-state index in [1.165, 1.54) is 21.6 Å². The van der Waals surface area contributed by atoms with E-state index < -0.39 is 0 Å². The fourth-order valence-electron chi connectivity index (χ4n) is 3.44. The van der Waals surface area contributed by atoms with E-state index in [1.54, 1.807) is 43.6 Å². The van der Waals surface area contributed by atoms with Crippen LogP contribution in [0.5, 0.6) is 0 Å². The summed E-state index contributed by atoms with van der Waals surface area (Å²) in [5.41, 5.74) is 8.79. The Morgan fingerprint density at radius 3 is 2.73 bits per heavy atom. The molecule has 3 N–H and O–H groups in total. The zero-order valence-corrected chi connectivity index (χ0v) is 18.1. The van der Waals surface area contributed by atoms with E-state index in [2.05, 4.69) is 35.5 Å². The average Bonchev–Trinajstić information content (AvgIpc) is 3.49. The van der Waals surface area contributed by atoms with Gasteiger partial charge in [0.15, 0.2) is 0 Å². The summed E-state index contributed by atoms with van der Waals surface area (Å²) in [6.45, 7) is 2.00. The maximum absolute atomic E-state index is 13.0. The van der Waals surface area contributed by atoms with E-state index in [4.69, 9.17) is 17.3 Å². The van der Waals surface area contributed by atoms with Crippen molar-refractivity contribution >= 4 is 17.4 Å². The van der Waals surface area contributed by atoms with Crippen molar-refractivity contribution in [2.24, 2.45) is 0 Å². The Morgan fingerprint density at radius 1 is 1.12 bits per heavy atom. The molecule has 12 heteroatoms. The highest BCUT2D eigenvalue weighted by atomic mass is 35.5. The van der Waals surface area contributed by atoms with Crippen molar-refractivity contribution < 1.29 is 0 Å². The van der Waals surface area contributed by atoms with Crippen LogP contribution in [0.1, 0.15) is 11.6 Å². The highest BCUT2D eigenvalue weighted by Crippen LogP contribution is 2.27. The molecule has 0 saturated heterocycles. The number of nitrogens with one attached hydrogen (secondary N) is 1. The van der Waals surface area contributed by atoms with Crippen LogP contribution in [0.4, 0.5) is 5.82 Å². The first-order chi connectivity index (χ1) is 16.0. The lowest BCUT2D eigenvalue weighted by molar-refractivity contribution is 0.677. The van der Waals surface area contributed by atoms with Gasteiger partial charge in [-0.1, -0.05) is 11.6 Å². The number of benzene rings is 1. The number of anilines is 1. The normalized spacial score (nSPS) is 11.1. The van der Waals surface area contributed by atoms with Crippen molar-refractivity contribution in [3.63, 3.8) is 0 Å². The highest BCUT2D eigenvalue weighted by molar-refractivity contribution is 6.31. The number of aromatic nitrogens is 9. The van der Waals surface area contributed by atoms with Crippen LogP contribution in [0.3, 0.4) is 0 Å². The summed E-state index contributed by atoms with van der Waals surface area (Å²) in [6, 6.07) is 10.2. The molecule has 0 bridgehead atoms. The summed E-state index contributed by atoms with van der Waals surface area (Å²) in [6.07, 6.45) is 4.81. The Kier molecular flexibility index (Phi) is 5.15. The Labute approximate surface area is 191 Å². The lowest BCUT2D eigenvalue weighted by Gasteiger charge is -2.12. The summed E-state index contributed by atoms with van der Waals surface area (Å²) in [7, 11) is 0. The molecule has 0 fully saturated rings. The number of nitrogen functional groups attached to an aromatic ring is 1. The van der Waals surface area contributed by atoms with Gasteiger partial charge in [0.05, 0.1) is 29.8 Å². The standard InChI is InChI=1S/C21H17ClN10O/c1-12-27-16(15-6-14(22)3-4-18(15)32-11-26-29-30-32)7-21(33)31(12)10-20-25-9-17(28-20)13-2-5-19(23)24-8-13/h2-9,11H,10H2,1H3,(H2,23,24)(H,25,28). The van der Waals surface area contributed by atoms with Gasteiger partial charge in [-0.3, -0.25) is 9.36 Å². The van der Waals surface area contributed by atoms with E-state index in [9.17, 15) is 4.79 Å². The lowest BCUT2D eigenvalue weighted by atomic mass is 10.1. The zero-order valence-electron chi connectivity index (χ0n) is 17.3. The third-order valence-electron chi connectivity index (χ3n) is 5.06. The second kappa shape index (κ2) is 8.28. The van der Waals surface area contributed by atoms with Gasteiger partial charge >= 0.3 is 0 Å². The molecule has 0 atom stereocenters. The van der Waals surface area contributed by atoms with Crippen molar-refractivity contribution in [1.82, 2.24) is 44.7 Å². The molecule has 0 radical (unpaired) electrons. The van der Waals surface area contributed by atoms with Crippen LogP contribution in [0.2, 0.25) is 5.02 Å². The van der Waals surface area contributed by atoms with Gasteiger partial charge in [-0.05, 0) is 47.7 Å². The minimum Gasteiger partial charge on any atom is -0.384 e. The molecule has 4 heterocycles. The number of tetrazole rings is 1. The molecule has 0 amide bonds. The largest absolute Gasteiger partial charge is 0.384 e. The molecular weight excluding hydrogens is 444 g/mol. The molecule has 164 valence electrons. The quantitative estimate of drug-likeness (QED) is 0.406. The SMILES string of the molecule is Cc1nc(-c2cc(Cl)ccc2-n2cnnn2)cc(=O)n1Cc1ncc(-c2ccc(N)nc2)[nH]1. The predicted octanol–water partition coefficient (Wildman–Crippen LogP) is 2.26. The first-order valence-corrected chi connectivity index (χ1v) is 10.2. The molecule has 0 aliphatic rings. The van der Waals surface area contributed by atoms with Gasteiger partial charge in [0.1, 0.15) is 23.8 Å². The Morgan fingerprint density at radius 2 is 2.00 bits per heavy atom. The van der Waals surface area contributed by atoms with E-state index in [1.807, 2.05) is 6.07 Å². The van der Waals surface area contributed by atoms with Crippen LogP contribution in [0.25, 0.3) is 28.2 Å². The zero-order chi connectivity index (χ0) is 22.9. The fourth-order valence-corrected chi connectivity index (χ4v) is 3.61. The molecule has 5 aromatic rings. The molecule has 4 aromatic heterocycles. The number of imidazole rings is 1. The van der Waals surface area contributed by atoms with Crippen molar-refractivity contribution in [2.75, 3.05) is 5.73 Å². The molecule has 0 saturated carbocycles. The predicted molar refractivity (Wildman–Crippen MR) is 122 cm³/mol. The van der Waals surface area contributed by atoms with Crippen LogP contribution in [0, 0.1) is 6.92 Å². The Bertz CT molecular complexity index is 1490. The lowest BCUT2D eigenvalue weighted by Crippen LogP contribution is -2.24. The number of hydrogen-bond donors (Lipinski definition) is 2. The first kappa shape index (κ1) is 20.5. The number of pyridine rings is 1. The van der Waals surface area contributed by atoms with Gasteiger partial charge in [0.25, 0.3) is 5.56 Å². The van der Waals surface area contributed by atoms with E-state index in [-0.39, 0.29) is 12.1 Å². The number of hydrogen-bond acceptors (Lipinski definition) is 8. The Balaban J connectivity index is 1.48. The van der Waals surface area contributed by atoms with Gasteiger partial charge in [0.2, 0.25) is 0 Å². The molecule has 1 aromatic carbocycles. The third kappa shape index (κ3) is 4.08. The molecule has 33 heavy (non-hydrogen) atoms. The van der Waals surface area contributed by atoms with Crippen molar-refractivity contribution in [3.05, 3.63) is 82.1 Å². The summed E-state index contributed by atoms with van der Waals surface area (Å²) >= 11 is 6.21. The topological polar surface area (TPSA) is 146 Å². The minimum absolute atomic E-state index is 0.229. The second-order valence-electron chi connectivity index (χ2n) is 7.24. The van der Waals surface area contributed by atoms with Gasteiger partial charge < -0.3 is 10.7 Å². The van der Waals surface area contributed by atoms with Gasteiger partial charge in [-0.15, -0.1) is 5.10 Å². The first-order valence-electron chi connectivity index (χ1n) is 9.85. The summed E-state index contributed by atoms with van der Waals surface area (Å²) in [5, 5.41) is 11.8. The number of aromatic amines is 1. The fraction of sp³-hybridized carbons (Fsp3) is 0.0952. The summed E-state index contributed by atoms with van der Waals surface area (Å²) in [4.78, 5) is 29.3. The molecule has 0 aliphatic heterocycles. The molecule has 11 nitrogen and oxygen atoms in total. The van der Waals surface area contributed by atoms with Crippen LogP contribution < -0.4 is 11.3 Å². The van der Waals surface area contributed by atoms with E-state index >= 15 is 0 Å². The van der Waals surface area contributed by atoms with E-state index in [0.29, 0.717) is 39.4 Å². The van der Waals surface area contributed by atoms with Crippen LogP contribution in [-0.2, 0) is 6.54 Å². The van der Waals surface area contributed by atoms with Crippen molar-refractivity contribution in [1.29, 1.82) is 0 Å². The van der Waals surface area contributed by atoms with Crippen molar-refractivity contribution in [3.8, 4) is 28.2 Å². The van der Waals surface area contributed by atoms with Gasteiger partial charge in [-0.2, -0.15) is 4.68 Å². The number of H-pyrrole nitrogens is 1. The summed E-state index contributed by atoms with van der Waals surface area (Å²) < 4.78 is 3.03. The second-order valence-corrected chi connectivity index (χ2v) is 7.68. The number of halogens is 1. The van der Waals surface area contributed by atoms with Gasteiger partial charge in [0, 0.05) is 28.4 Å². The molecule has 5 rings (SSSR count). The smallest absolute Gasteiger partial charge is 0.254 e. The van der Waals surface area contributed by atoms with Gasteiger partial charge in [-0.25, -0.2) is 15.0 Å². The molecule has 0 spiro atoms. The van der Waals surface area contributed by atoms with Crippen LogP contribution in [-0.4, -0.2) is 44.7 Å². The van der Waals surface area contributed by atoms with E-state index in [0.717, 1.165) is 11.3 Å². The summed E-state index contributed by atoms with van der Waals surface area (Å²) in [5.74, 6) is 1.57. The Hall–Kier alpha value is -4.38. The van der Waals surface area contributed by atoms with Crippen molar-refractivity contribution in [2.45, 2.75) is 13.5 Å². The highest BCUT2D eigenvalue weighted by Gasteiger charge is 2.15. The monoisotopic (exact) mass is 460 g/mol. The number of nitrogens with two attached hydrogens (primary N) is 1. The molecule has 0 unspecified atom stereocenters. The number of aryl methyl sites for hydroxylation is 1. The molecular formula is C21H17ClN10O. The van der Waals surface area contributed by atoms with Crippen LogP contribution in [0.15, 0.2) is 59.9 Å². The third-order valence-corrected chi connectivity index (χ3v) is 5.30. The minimum atomic E-state index is -0.229. The maximum Gasteiger partial charge on any atom is 0.254 e.